The van der Waals surface area contributed by atoms with Gasteiger partial charge in [0.25, 0.3) is 0 Å². The van der Waals surface area contributed by atoms with Crippen LogP contribution in [0.2, 0.25) is 0 Å². The Morgan fingerprint density at radius 1 is 1.18 bits per heavy atom. The summed E-state index contributed by atoms with van der Waals surface area (Å²) in [7, 11) is 0. The molecular weight excluding hydrogens is 416 g/mol. The molecule has 184 valence electrons. The molecule has 3 unspecified atom stereocenters. The number of carbonyl (C=O) groups is 2. The number of allylic oxidation sites excluding steroid dienone is 1. The van der Waals surface area contributed by atoms with E-state index in [4.69, 9.17) is 9.47 Å². The van der Waals surface area contributed by atoms with Crippen LogP contribution in [0.3, 0.4) is 0 Å². The van der Waals surface area contributed by atoms with Gasteiger partial charge in [-0.05, 0) is 79.6 Å². The molecule has 1 aliphatic heterocycles. The third-order valence-corrected chi connectivity index (χ3v) is 11.3. The number of hydrogen-bond donors (Lipinski definition) is 1. The highest BCUT2D eigenvalue weighted by Gasteiger charge is 2.73. The monoisotopic (exact) mass is 458 g/mol. The van der Waals surface area contributed by atoms with Gasteiger partial charge >= 0.3 is 11.9 Å². The van der Waals surface area contributed by atoms with E-state index >= 15 is 0 Å². The van der Waals surface area contributed by atoms with Crippen molar-refractivity contribution in [2.24, 2.45) is 45.3 Å². The Morgan fingerprint density at radius 3 is 2.58 bits per heavy atom. The fraction of sp³-hybridized carbons (Fsp3) is 0.857. The second-order valence-electron chi connectivity index (χ2n) is 13.1. The second-order valence-corrected chi connectivity index (χ2v) is 13.1. The Labute approximate surface area is 198 Å². The average Bonchev–Trinajstić information content (AvgIpc) is 2.97. The smallest absolute Gasteiger partial charge is 0.314 e. The van der Waals surface area contributed by atoms with E-state index in [1.807, 2.05) is 0 Å². The van der Waals surface area contributed by atoms with E-state index < -0.39 is 6.10 Å². The first-order chi connectivity index (χ1) is 15.4. The number of ether oxygens (including phenoxy) is 2. The summed E-state index contributed by atoms with van der Waals surface area (Å²) in [5, 5.41) is 10.5. The summed E-state index contributed by atoms with van der Waals surface area (Å²) in [6.07, 6.45) is 8.82. The topological polar surface area (TPSA) is 72.8 Å². The van der Waals surface area contributed by atoms with Crippen LogP contribution >= 0.6 is 0 Å². The number of aliphatic hydroxyl groups is 1. The zero-order valence-electron chi connectivity index (χ0n) is 21.3. The summed E-state index contributed by atoms with van der Waals surface area (Å²) in [5.74, 6) is 0.460. The predicted molar refractivity (Wildman–Crippen MR) is 125 cm³/mol. The quantitative estimate of drug-likeness (QED) is 0.473. The second kappa shape index (κ2) is 7.32. The van der Waals surface area contributed by atoms with Crippen LogP contribution in [0.5, 0.6) is 0 Å². The van der Waals surface area contributed by atoms with Gasteiger partial charge in [0.2, 0.25) is 0 Å². The summed E-state index contributed by atoms with van der Waals surface area (Å²) < 4.78 is 12.0. The molecule has 4 fully saturated rings. The van der Waals surface area contributed by atoms with Crippen LogP contribution in [0.1, 0.15) is 86.5 Å². The van der Waals surface area contributed by atoms with Crippen molar-refractivity contribution in [1.29, 1.82) is 0 Å². The molecule has 3 saturated carbocycles. The van der Waals surface area contributed by atoms with Crippen LogP contribution in [0, 0.1) is 45.3 Å². The van der Waals surface area contributed by atoms with Crippen molar-refractivity contribution < 1.29 is 24.2 Å². The van der Waals surface area contributed by atoms with Gasteiger partial charge in [-0.15, -0.1) is 0 Å². The molecule has 33 heavy (non-hydrogen) atoms. The molecule has 1 N–H and O–H groups in total. The molecule has 9 atom stereocenters. The lowest BCUT2D eigenvalue weighted by molar-refractivity contribution is -0.234. The first kappa shape index (κ1) is 23.4. The summed E-state index contributed by atoms with van der Waals surface area (Å²) in [6.45, 7) is 13.3. The molecule has 5 nitrogen and oxygen atoms in total. The van der Waals surface area contributed by atoms with Gasteiger partial charge in [-0.2, -0.15) is 0 Å². The van der Waals surface area contributed by atoms with Crippen LogP contribution in [0.25, 0.3) is 0 Å². The molecule has 0 bridgehead atoms. The minimum absolute atomic E-state index is 0.0439. The van der Waals surface area contributed by atoms with Crippen molar-refractivity contribution in [1.82, 2.24) is 0 Å². The molecule has 0 spiro atoms. The maximum absolute atomic E-state index is 13.2. The molecule has 0 radical (unpaired) electrons. The Bertz CT molecular complexity index is 889. The zero-order chi connectivity index (χ0) is 24.0. The largest absolute Gasteiger partial charge is 0.465 e. The van der Waals surface area contributed by atoms with Crippen molar-refractivity contribution >= 4 is 11.9 Å². The van der Waals surface area contributed by atoms with Crippen molar-refractivity contribution in [2.75, 3.05) is 6.61 Å². The third kappa shape index (κ3) is 2.99. The highest BCUT2D eigenvalue weighted by Crippen LogP contribution is 2.74. The molecule has 4 aliphatic carbocycles. The zero-order valence-corrected chi connectivity index (χ0v) is 21.3. The molecular formula is C28H42O5. The van der Waals surface area contributed by atoms with E-state index in [0.717, 1.165) is 44.1 Å². The number of carbonyl (C=O) groups excluding carboxylic acids is 2. The third-order valence-electron chi connectivity index (χ3n) is 11.3. The molecule has 0 amide bonds. The normalized spacial score (nSPS) is 48.5. The molecule has 0 aromatic carbocycles. The lowest BCUT2D eigenvalue weighted by Crippen LogP contribution is -2.66. The predicted octanol–water partition coefficient (Wildman–Crippen LogP) is 5.06. The fourth-order valence-corrected chi connectivity index (χ4v) is 10.0. The number of hydrogen-bond acceptors (Lipinski definition) is 5. The highest BCUT2D eigenvalue weighted by molar-refractivity contribution is 5.80. The molecule has 1 heterocycles. The maximum atomic E-state index is 13.2. The first-order valence-electron chi connectivity index (χ1n) is 13.1. The van der Waals surface area contributed by atoms with Crippen LogP contribution in [-0.2, 0) is 19.1 Å². The SMILES string of the molecule is CC(=O)OC[C@]12CCCC(C)(C)C1CC[C@]1(C)C2C[C@H]2OC(=O)[C@H]3C([C@@H](C)O)=CCC1[C@@]32C. The van der Waals surface area contributed by atoms with E-state index in [1.54, 1.807) is 6.92 Å². The van der Waals surface area contributed by atoms with Gasteiger partial charge in [0.1, 0.15) is 6.10 Å². The number of rotatable bonds is 3. The number of aliphatic hydroxyl groups excluding tert-OH is 1. The Kier molecular flexibility index (Phi) is 5.19. The van der Waals surface area contributed by atoms with Gasteiger partial charge in [0.15, 0.2) is 0 Å². The van der Waals surface area contributed by atoms with E-state index in [-0.39, 0.29) is 45.6 Å². The molecule has 0 aromatic rings. The van der Waals surface area contributed by atoms with Crippen LogP contribution in [0.15, 0.2) is 11.6 Å². The van der Waals surface area contributed by atoms with Gasteiger partial charge in [0.05, 0.1) is 18.6 Å². The number of fused-ring (bicyclic) bond motifs is 4. The van der Waals surface area contributed by atoms with Crippen molar-refractivity contribution in [2.45, 2.75) is 98.7 Å². The van der Waals surface area contributed by atoms with Gasteiger partial charge in [-0.1, -0.05) is 40.2 Å². The van der Waals surface area contributed by atoms with Crippen LogP contribution < -0.4 is 0 Å². The minimum Gasteiger partial charge on any atom is -0.465 e. The first-order valence-corrected chi connectivity index (χ1v) is 13.1. The van der Waals surface area contributed by atoms with Gasteiger partial charge in [-0.25, -0.2) is 0 Å². The molecule has 5 rings (SSSR count). The number of esters is 2. The Morgan fingerprint density at radius 2 is 1.91 bits per heavy atom. The van der Waals surface area contributed by atoms with E-state index in [2.05, 4.69) is 33.8 Å². The molecule has 1 saturated heterocycles. The Balaban J connectivity index is 1.63. The average molecular weight is 459 g/mol. The lowest BCUT2D eigenvalue weighted by atomic mass is 9.34. The van der Waals surface area contributed by atoms with E-state index in [9.17, 15) is 14.7 Å². The maximum Gasteiger partial charge on any atom is 0.314 e. The standard InChI is InChI=1S/C28H42O5/c1-16(29)18-8-9-20-26(5)13-10-19-25(3,4)11-7-12-28(19,15-32-17(2)30)21(26)14-22-27(20,6)23(18)24(31)33-22/h8,16,19-23,29H,7,9-15H2,1-6H3/t16-,19?,20?,21?,22-,23-,26+,27-,28-/m1/s1. The van der Waals surface area contributed by atoms with Crippen LogP contribution in [-0.4, -0.2) is 35.9 Å². The van der Waals surface area contributed by atoms with Gasteiger partial charge in [-0.3, -0.25) is 9.59 Å². The molecule has 5 aliphatic rings. The van der Waals surface area contributed by atoms with Crippen molar-refractivity contribution in [3.8, 4) is 0 Å². The highest BCUT2D eigenvalue weighted by atomic mass is 16.6. The van der Waals surface area contributed by atoms with Crippen LogP contribution in [0.4, 0.5) is 0 Å². The van der Waals surface area contributed by atoms with Gasteiger partial charge in [0, 0.05) is 17.8 Å². The fourth-order valence-electron chi connectivity index (χ4n) is 10.0. The molecule has 0 aromatic heterocycles. The van der Waals surface area contributed by atoms with E-state index in [0.29, 0.717) is 24.4 Å². The minimum atomic E-state index is -0.630. The lowest BCUT2D eigenvalue weighted by Gasteiger charge is -2.69. The summed E-state index contributed by atoms with van der Waals surface area (Å²) in [4.78, 5) is 25.2. The summed E-state index contributed by atoms with van der Waals surface area (Å²) >= 11 is 0. The summed E-state index contributed by atoms with van der Waals surface area (Å²) in [6, 6.07) is 0. The summed E-state index contributed by atoms with van der Waals surface area (Å²) in [5.41, 5.74) is 0.748. The van der Waals surface area contributed by atoms with E-state index in [1.165, 1.54) is 13.3 Å². The van der Waals surface area contributed by atoms with Crippen molar-refractivity contribution in [3.05, 3.63) is 11.6 Å². The van der Waals surface area contributed by atoms with Crippen molar-refractivity contribution in [3.63, 3.8) is 0 Å². The Hall–Kier alpha value is -1.36. The van der Waals surface area contributed by atoms with Gasteiger partial charge < -0.3 is 14.6 Å². The molecule has 5 heteroatoms.